The molecule has 1 heterocycles. The number of hydrogen-bond donors (Lipinski definition) is 2. The number of rotatable bonds is 3. The van der Waals surface area contributed by atoms with Crippen molar-refractivity contribution >= 4 is 11.7 Å². The van der Waals surface area contributed by atoms with Gasteiger partial charge in [-0.15, -0.1) is 0 Å². The largest absolute Gasteiger partial charge is 0.504 e. The minimum atomic E-state index is -0.341. The van der Waals surface area contributed by atoms with Crippen LogP contribution in [0.1, 0.15) is 10.4 Å². The number of carbonyl (C=O) groups excluding carboxylic acids is 1. The summed E-state index contributed by atoms with van der Waals surface area (Å²) in [6, 6.07) is 9.65. The zero-order chi connectivity index (χ0) is 13.0. The third kappa shape index (κ3) is 2.57. The van der Waals surface area contributed by atoms with E-state index in [9.17, 15) is 9.90 Å². The van der Waals surface area contributed by atoms with E-state index >= 15 is 0 Å². The molecule has 0 radical (unpaired) electrons. The van der Waals surface area contributed by atoms with Crippen molar-refractivity contribution in [3.05, 3.63) is 48.2 Å². The molecule has 0 atom stereocenters. The number of ether oxygens (including phenoxy) is 1. The van der Waals surface area contributed by atoms with Gasteiger partial charge in [0.2, 0.25) is 0 Å². The van der Waals surface area contributed by atoms with Crippen LogP contribution in [-0.2, 0) is 0 Å². The molecule has 0 aliphatic heterocycles. The normalized spacial score (nSPS) is 9.83. The van der Waals surface area contributed by atoms with E-state index < -0.39 is 0 Å². The van der Waals surface area contributed by atoms with Crippen molar-refractivity contribution < 1.29 is 14.6 Å². The highest BCUT2D eigenvalue weighted by Gasteiger charge is 2.09. The third-order valence-electron chi connectivity index (χ3n) is 2.35. The van der Waals surface area contributed by atoms with E-state index in [-0.39, 0.29) is 11.7 Å². The second-order valence-corrected chi connectivity index (χ2v) is 3.56. The number of aromatic nitrogens is 1. The number of anilines is 1. The minimum absolute atomic E-state index is 0.0776. The van der Waals surface area contributed by atoms with Gasteiger partial charge in [0.15, 0.2) is 11.5 Å². The molecule has 0 spiro atoms. The van der Waals surface area contributed by atoms with Crippen LogP contribution in [0, 0.1) is 0 Å². The number of methoxy groups -OCH3 is 1. The molecular formula is C13H12N2O3. The highest BCUT2D eigenvalue weighted by molar-refractivity contribution is 6.04. The van der Waals surface area contributed by atoms with Crippen LogP contribution in [0.15, 0.2) is 42.6 Å². The number of hydrogen-bond acceptors (Lipinski definition) is 4. The standard InChI is InChI=1S/C13H12N2O3/c1-18-11-6-5-9(8-10(11)16)13(17)15-12-4-2-3-7-14-12/h2-8,16H,1H3,(H,14,15,17). The number of carbonyl (C=O) groups is 1. The second-order valence-electron chi connectivity index (χ2n) is 3.56. The summed E-state index contributed by atoms with van der Waals surface area (Å²) in [5.74, 6) is 0.361. The summed E-state index contributed by atoms with van der Waals surface area (Å²) in [4.78, 5) is 15.8. The molecule has 0 saturated heterocycles. The second kappa shape index (κ2) is 5.18. The molecule has 18 heavy (non-hydrogen) atoms. The molecule has 0 aliphatic carbocycles. The average Bonchev–Trinajstić information content (AvgIpc) is 2.39. The van der Waals surface area contributed by atoms with E-state index in [0.29, 0.717) is 17.1 Å². The predicted molar refractivity (Wildman–Crippen MR) is 66.8 cm³/mol. The van der Waals surface area contributed by atoms with Gasteiger partial charge >= 0.3 is 0 Å². The van der Waals surface area contributed by atoms with Gasteiger partial charge in [-0.2, -0.15) is 0 Å². The molecule has 2 aromatic rings. The first-order chi connectivity index (χ1) is 8.70. The van der Waals surface area contributed by atoms with Gasteiger partial charge in [0, 0.05) is 11.8 Å². The Kier molecular flexibility index (Phi) is 3.43. The van der Waals surface area contributed by atoms with Gasteiger partial charge in [0.05, 0.1) is 7.11 Å². The Balaban J connectivity index is 2.17. The lowest BCUT2D eigenvalue weighted by molar-refractivity contribution is 0.102. The summed E-state index contributed by atoms with van der Waals surface area (Å²) in [6.45, 7) is 0. The number of nitrogens with zero attached hydrogens (tertiary/aromatic N) is 1. The van der Waals surface area contributed by atoms with Crippen LogP contribution in [-0.4, -0.2) is 23.1 Å². The van der Waals surface area contributed by atoms with Crippen LogP contribution in [0.5, 0.6) is 11.5 Å². The third-order valence-corrected chi connectivity index (χ3v) is 2.35. The Morgan fingerprint density at radius 2 is 2.17 bits per heavy atom. The zero-order valence-electron chi connectivity index (χ0n) is 9.75. The van der Waals surface area contributed by atoms with Crippen molar-refractivity contribution in [3.8, 4) is 11.5 Å². The maximum Gasteiger partial charge on any atom is 0.256 e. The lowest BCUT2D eigenvalue weighted by atomic mass is 10.2. The van der Waals surface area contributed by atoms with Crippen LogP contribution in [0.2, 0.25) is 0 Å². The Morgan fingerprint density at radius 1 is 1.33 bits per heavy atom. The number of phenols is 1. The molecule has 0 saturated carbocycles. The molecule has 1 amide bonds. The minimum Gasteiger partial charge on any atom is -0.504 e. The van der Waals surface area contributed by atoms with E-state index in [0.717, 1.165) is 0 Å². The van der Waals surface area contributed by atoms with Gasteiger partial charge in [-0.05, 0) is 30.3 Å². The van der Waals surface area contributed by atoms with Gasteiger partial charge in [-0.25, -0.2) is 4.98 Å². The summed E-state index contributed by atoms with van der Waals surface area (Å²) in [5.41, 5.74) is 0.332. The van der Waals surface area contributed by atoms with E-state index in [1.54, 1.807) is 30.5 Å². The molecule has 0 unspecified atom stereocenters. The summed E-state index contributed by atoms with van der Waals surface area (Å²) in [5, 5.41) is 12.2. The van der Waals surface area contributed by atoms with Crippen molar-refractivity contribution in [1.29, 1.82) is 0 Å². The Bertz CT molecular complexity index is 555. The SMILES string of the molecule is COc1ccc(C(=O)Nc2ccccn2)cc1O. The monoisotopic (exact) mass is 244 g/mol. The number of phenolic OH excluding ortho intramolecular Hbond substituents is 1. The quantitative estimate of drug-likeness (QED) is 0.866. The maximum atomic E-state index is 11.9. The lowest BCUT2D eigenvalue weighted by Gasteiger charge is -2.06. The Hall–Kier alpha value is -2.56. The fourth-order valence-electron chi connectivity index (χ4n) is 1.46. The summed E-state index contributed by atoms with van der Waals surface area (Å²) in [7, 11) is 1.45. The van der Waals surface area contributed by atoms with Gasteiger partial charge in [-0.1, -0.05) is 6.07 Å². The fraction of sp³-hybridized carbons (Fsp3) is 0.0769. The van der Waals surface area contributed by atoms with Crippen molar-refractivity contribution in [2.45, 2.75) is 0 Å². The van der Waals surface area contributed by atoms with Crippen LogP contribution >= 0.6 is 0 Å². The van der Waals surface area contributed by atoms with E-state index in [2.05, 4.69) is 10.3 Å². The lowest BCUT2D eigenvalue weighted by Crippen LogP contribution is -2.12. The molecule has 0 bridgehead atoms. The molecule has 0 fully saturated rings. The average molecular weight is 244 g/mol. The maximum absolute atomic E-state index is 11.9. The number of aromatic hydroxyl groups is 1. The Morgan fingerprint density at radius 3 is 2.78 bits per heavy atom. The number of amides is 1. The van der Waals surface area contributed by atoms with Gasteiger partial charge in [-0.3, -0.25) is 4.79 Å². The first-order valence-corrected chi connectivity index (χ1v) is 5.30. The summed E-state index contributed by atoms with van der Waals surface area (Å²) >= 11 is 0. The van der Waals surface area contributed by atoms with E-state index in [1.807, 2.05) is 0 Å². The Labute approximate surface area is 104 Å². The van der Waals surface area contributed by atoms with Crippen molar-refractivity contribution in [2.75, 3.05) is 12.4 Å². The summed E-state index contributed by atoms with van der Waals surface area (Å²) < 4.78 is 4.90. The number of nitrogens with one attached hydrogen (secondary N) is 1. The topological polar surface area (TPSA) is 71.5 Å². The zero-order valence-corrected chi connectivity index (χ0v) is 9.75. The molecule has 5 nitrogen and oxygen atoms in total. The van der Waals surface area contributed by atoms with Crippen molar-refractivity contribution in [1.82, 2.24) is 4.98 Å². The molecule has 5 heteroatoms. The number of benzene rings is 1. The summed E-state index contributed by atoms with van der Waals surface area (Å²) in [6.07, 6.45) is 1.58. The van der Waals surface area contributed by atoms with Crippen molar-refractivity contribution in [2.24, 2.45) is 0 Å². The van der Waals surface area contributed by atoms with Gasteiger partial charge in [0.25, 0.3) is 5.91 Å². The molecule has 1 aromatic heterocycles. The first kappa shape index (κ1) is 11.9. The van der Waals surface area contributed by atoms with Crippen LogP contribution in [0.25, 0.3) is 0 Å². The molecule has 0 aliphatic rings. The van der Waals surface area contributed by atoms with E-state index in [4.69, 9.17) is 4.74 Å². The molecule has 1 aromatic carbocycles. The molecule has 2 rings (SSSR count). The van der Waals surface area contributed by atoms with E-state index in [1.165, 1.54) is 19.2 Å². The smallest absolute Gasteiger partial charge is 0.256 e. The van der Waals surface area contributed by atoms with Gasteiger partial charge < -0.3 is 15.2 Å². The molecular weight excluding hydrogens is 232 g/mol. The molecule has 2 N–H and O–H groups in total. The van der Waals surface area contributed by atoms with Crippen LogP contribution in [0.3, 0.4) is 0 Å². The highest BCUT2D eigenvalue weighted by atomic mass is 16.5. The van der Waals surface area contributed by atoms with Crippen LogP contribution < -0.4 is 10.1 Å². The van der Waals surface area contributed by atoms with Crippen LogP contribution in [0.4, 0.5) is 5.82 Å². The van der Waals surface area contributed by atoms with Gasteiger partial charge in [0.1, 0.15) is 5.82 Å². The molecule has 92 valence electrons. The fourth-order valence-corrected chi connectivity index (χ4v) is 1.46. The van der Waals surface area contributed by atoms with Crippen molar-refractivity contribution in [3.63, 3.8) is 0 Å². The number of pyridine rings is 1. The highest BCUT2D eigenvalue weighted by Crippen LogP contribution is 2.26. The first-order valence-electron chi connectivity index (χ1n) is 5.30. The predicted octanol–water partition coefficient (Wildman–Crippen LogP) is 2.05.